The lowest BCUT2D eigenvalue weighted by molar-refractivity contribution is -0.0377. The first-order valence-corrected chi connectivity index (χ1v) is 7.61. The van der Waals surface area contributed by atoms with Crippen molar-refractivity contribution in [3.63, 3.8) is 0 Å². The van der Waals surface area contributed by atoms with E-state index in [-0.39, 0.29) is 34.6 Å². The molecule has 8 heteroatoms. The Kier molecular flexibility index (Phi) is 4.13. The Morgan fingerprint density at radius 2 is 1.96 bits per heavy atom. The molecule has 0 aliphatic carbocycles. The van der Waals surface area contributed by atoms with E-state index in [1.165, 1.54) is 6.07 Å². The van der Waals surface area contributed by atoms with Gasteiger partial charge in [-0.3, -0.25) is 14.8 Å². The number of hydroxylamine groups is 2. The van der Waals surface area contributed by atoms with Gasteiger partial charge in [-0.05, 0) is 18.6 Å². The van der Waals surface area contributed by atoms with Gasteiger partial charge in [0, 0.05) is 29.9 Å². The molecule has 0 saturated carbocycles. The Balaban J connectivity index is 0.00000182. The minimum absolute atomic E-state index is 0. The predicted octanol–water partition coefficient (Wildman–Crippen LogP) is 1.66. The smallest absolute Gasteiger partial charge is 0.285 e. The van der Waals surface area contributed by atoms with Crippen molar-refractivity contribution in [1.82, 2.24) is 5.06 Å². The number of nitriles is 1. The maximum Gasteiger partial charge on any atom is 0.285 e. The number of nitrogens with two attached hydrogens (primary N) is 1. The maximum absolute atomic E-state index is 12.3. The minimum atomic E-state index is -0.815. The molecule has 2 heterocycles. The highest BCUT2D eigenvalue weighted by molar-refractivity contribution is 6.26. The highest BCUT2D eigenvalue weighted by Crippen LogP contribution is 2.39. The van der Waals surface area contributed by atoms with Crippen molar-refractivity contribution in [2.24, 2.45) is 5.73 Å². The quantitative estimate of drug-likeness (QED) is 0.592. The number of nitrogens with zero attached hydrogens (tertiary/aromatic N) is 3. The van der Waals surface area contributed by atoms with Crippen LogP contribution < -0.4 is 10.6 Å². The second kappa shape index (κ2) is 6.01. The third kappa shape index (κ3) is 2.35. The first-order valence-electron chi connectivity index (χ1n) is 7.61. The summed E-state index contributed by atoms with van der Waals surface area (Å²) in [6.07, 6.45) is 0.816. The molecule has 2 aromatic carbocycles. The summed E-state index contributed by atoms with van der Waals surface area (Å²) in [5.74, 6) is -1.57. The number of hydrogen-bond acceptors (Lipinski definition) is 6. The Bertz CT molecular complexity index is 953. The lowest BCUT2D eigenvalue weighted by Gasteiger charge is -2.27. The Labute approximate surface area is 149 Å². The van der Waals surface area contributed by atoms with E-state index in [9.17, 15) is 20.1 Å². The van der Waals surface area contributed by atoms with Gasteiger partial charge in [0.05, 0.1) is 22.4 Å². The molecule has 3 N–H and O–H groups in total. The molecule has 25 heavy (non-hydrogen) atoms. The molecular formula is C17H15ClN4O3. The number of carbonyl (C=O) groups is 2. The van der Waals surface area contributed by atoms with Crippen molar-refractivity contribution in [2.45, 2.75) is 12.5 Å². The summed E-state index contributed by atoms with van der Waals surface area (Å²) in [5, 5.41) is 20.5. The predicted molar refractivity (Wildman–Crippen MR) is 93.0 cm³/mol. The molecule has 0 unspecified atom stereocenters. The fourth-order valence-corrected chi connectivity index (χ4v) is 3.55. The van der Waals surface area contributed by atoms with Crippen molar-refractivity contribution in [3.05, 3.63) is 41.0 Å². The number of halogens is 1. The van der Waals surface area contributed by atoms with Gasteiger partial charge in [-0.1, -0.05) is 12.1 Å². The largest absolute Gasteiger partial charge is 0.368 e. The first-order chi connectivity index (χ1) is 11.5. The minimum Gasteiger partial charge on any atom is -0.368 e. The van der Waals surface area contributed by atoms with Crippen molar-refractivity contribution in [2.75, 3.05) is 18.0 Å². The lowest BCUT2D eigenvalue weighted by atomic mass is 9.91. The van der Waals surface area contributed by atoms with Crippen LogP contribution in [-0.4, -0.2) is 41.2 Å². The molecular weight excluding hydrogens is 344 g/mol. The van der Waals surface area contributed by atoms with Gasteiger partial charge in [0.2, 0.25) is 0 Å². The zero-order chi connectivity index (χ0) is 17.0. The number of anilines is 1. The van der Waals surface area contributed by atoms with E-state index >= 15 is 0 Å². The number of imide groups is 1. The third-order valence-electron chi connectivity index (χ3n) is 4.64. The van der Waals surface area contributed by atoms with Crippen molar-refractivity contribution < 1.29 is 14.8 Å². The molecule has 2 aliphatic rings. The first kappa shape index (κ1) is 17.2. The van der Waals surface area contributed by atoms with Crippen LogP contribution in [0.4, 0.5) is 5.69 Å². The van der Waals surface area contributed by atoms with Crippen LogP contribution in [0.15, 0.2) is 24.3 Å². The number of amides is 2. The van der Waals surface area contributed by atoms with Gasteiger partial charge in [-0.15, -0.1) is 17.5 Å². The van der Waals surface area contributed by atoms with Crippen molar-refractivity contribution in [1.29, 1.82) is 5.26 Å². The summed E-state index contributed by atoms with van der Waals surface area (Å²) in [4.78, 5) is 26.5. The fraction of sp³-hybridized carbons (Fsp3) is 0.235. The Morgan fingerprint density at radius 1 is 1.24 bits per heavy atom. The molecule has 1 atom stereocenters. The molecule has 7 nitrogen and oxygen atoms in total. The van der Waals surface area contributed by atoms with E-state index in [1.54, 1.807) is 18.2 Å². The van der Waals surface area contributed by atoms with Crippen molar-refractivity contribution in [3.8, 4) is 6.07 Å². The van der Waals surface area contributed by atoms with Crippen LogP contribution in [-0.2, 0) is 0 Å². The molecule has 128 valence electrons. The second-order valence-corrected chi connectivity index (χ2v) is 6.08. The van der Waals surface area contributed by atoms with Gasteiger partial charge in [0.25, 0.3) is 11.8 Å². The topological polar surface area (TPSA) is 111 Å². The Hall–Kier alpha value is -2.66. The van der Waals surface area contributed by atoms with E-state index in [1.807, 2.05) is 4.90 Å². The van der Waals surface area contributed by atoms with Crippen LogP contribution >= 0.6 is 12.4 Å². The van der Waals surface area contributed by atoms with E-state index in [4.69, 9.17) is 5.73 Å². The van der Waals surface area contributed by atoms with E-state index in [2.05, 4.69) is 6.07 Å². The van der Waals surface area contributed by atoms with E-state index < -0.39 is 11.8 Å². The SMILES string of the molecule is Cl.N#Cc1cc2c3c(cccc3c1N1CC[C@H](N)C1)C(=O)N(O)C2=O. The molecule has 0 aromatic heterocycles. The summed E-state index contributed by atoms with van der Waals surface area (Å²) >= 11 is 0. The summed E-state index contributed by atoms with van der Waals surface area (Å²) in [7, 11) is 0. The summed E-state index contributed by atoms with van der Waals surface area (Å²) in [6.45, 7) is 1.32. The zero-order valence-corrected chi connectivity index (χ0v) is 13.9. The van der Waals surface area contributed by atoms with Crippen LogP contribution in [0, 0.1) is 11.3 Å². The molecule has 1 fully saturated rings. The average molecular weight is 359 g/mol. The van der Waals surface area contributed by atoms with Crippen LogP contribution in [0.25, 0.3) is 10.8 Å². The summed E-state index contributed by atoms with van der Waals surface area (Å²) in [5.41, 5.74) is 7.42. The zero-order valence-electron chi connectivity index (χ0n) is 13.1. The standard InChI is InChI=1S/C17H14N4O3.ClH/c18-7-9-6-13-14-11(15(9)20-5-4-10(19)8-20)2-1-3-12(14)16(22)21(24)17(13)23;/h1-3,6,10,24H,4-5,8,19H2;1H/t10-;/m0./s1. The Morgan fingerprint density at radius 3 is 2.60 bits per heavy atom. The summed E-state index contributed by atoms with van der Waals surface area (Å²) in [6, 6.07) is 8.64. The molecule has 1 saturated heterocycles. The molecule has 2 aromatic rings. The van der Waals surface area contributed by atoms with E-state index in [0.717, 1.165) is 6.42 Å². The second-order valence-electron chi connectivity index (χ2n) is 6.08. The number of benzene rings is 2. The van der Waals surface area contributed by atoms with Crippen molar-refractivity contribution >= 4 is 40.7 Å². The molecule has 0 spiro atoms. The molecule has 0 radical (unpaired) electrons. The van der Waals surface area contributed by atoms with Crippen LogP contribution in [0.5, 0.6) is 0 Å². The van der Waals surface area contributed by atoms with Crippen LogP contribution in [0.2, 0.25) is 0 Å². The third-order valence-corrected chi connectivity index (χ3v) is 4.64. The normalized spacial score (nSPS) is 19.2. The monoisotopic (exact) mass is 358 g/mol. The number of carbonyl (C=O) groups excluding carboxylic acids is 2. The average Bonchev–Trinajstić information content (AvgIpc) is 3.02. The fourth-order valence-electron chi connectivity index (χ4n) is 3.55. The van der Waals surface area contributed by atoms with Gasteiger partial charge in [0.1, 0.15) is 6.07 Å². The van der Waals surface area contributed by atoms with Gasteiger partial charge in [-0.25, -0.2) is 0 Å². The highest BCUT2D eigenvalue weighted by Gasteiger charge is 2.35. The summed E-state index contributed by atoms with van der Waals surface area (Å²) < 4.78 is 0. The van der Waals surface area contributed by atoms with Gasteiger partial charge in [0.15, 0.2) is 0 Å². The maximum atomic E-state index is 12.3. The van der Waals surface area contributed by atoms with Gasteiger partial charge in [-0.2, -0.15) is 5.26 Å². The van der Waals surface area contributed by atoms with E-state index in [0.29, 0.717) is 35.1 Å². The molecule has 4 rings (SSSR count). The van der Waals surface area contributed by atoms with Gasteiger partial charge < -0.3 is 10.6 Å². The number of rotatable bonds is 1. The molecule has 2 aliphatic heterocycles. The number of hydrogen-bond donors (Lipinski definition) is 2. The highest BCUT2D eigenvalue weighted by atomic mass is 35.5. The van der Waals surface area contributed by atoms with Crippen LogP contribution in [0.1, 0.15) is 32.7 Å². The molecule has 0 bridgehead atoms. The lowest BCUT2D eigenvalue weighted by Crippen LogP contribution is -2.37. The van der Waals surface area contributed by atoms with Crippen LogP contribution in [0.3, 0.4) is 0 Å². The molecule has 2 amide bonds. The van der Waals surface area contributed by atoms with Gasteiger partial charge >= 0.3 is 0 Å².